The number of carbonyl (C=O) groups excluding carboxylic acids is 1. The summed E-state index contributed by atoms with van der Waals surface area (Å²) in [6.45, 7) is 0. The Morgan fingerprint density at radius 2 is 1.69 bits per heavy atom. The minimum absolute atomic E-state index is 0.00487. The van der Waals surface area contributed by atoms with E-state index in [4.69, 9.17) is 4.74 Å². The number of ketones is 1. The van der Waals surface area contributed by atoms with Crippen molar-refractivity contribution in [3.8, 4) is 11.5 Å². The smallest absolute Gasteiger partial charge is 0.416 e. The lowest BCUT2D eigenvalue weighted by Gasteiger charge is -2.12. The van der Waals surface area contributed by atoms with Gasteiger partial charge >= 0.3 is 6.18 Å². The van der Waals surface area contributed by atoms with Crippen molar-refractivity contribution in [1.29, 1.82) is 0 Å². The van der Waals surface area contributed by atoms with E-state index in [0.29, 0.717) is 40.9 Å². The number of rotatable bonds is 7. The molecule has 36 heavy (non-hydrogen) atoms. The molecule has 0 N–H and O–H groups in total. The molecule has 186 valence electrons. The number of fused-ring (bicyclic) bond motifs is 1. The van der Waals surface area contributed by atoms with E-state index in [9.17, 15) is 26.7 Å². The highest BCUT2D eigenvalue weighted by Gasteiger charge is 2.31. The highest BCUT2D eigenvalue weighted by molar-refractivity contribution is 5.83. The molecule has 0 spiro atoms. The van der Waals surface area contributed by atoms with Crippen molar-refractivity contribution in [2.75, 3.05) is 19.0 Å². The Morgan fingerprint density at radius 1 is 0.944 bits per heavy atom. The molecule has 0 amide bonds. The minimum Gasteiger partial charge on any atom is -0.455 e. The summed E-state index contributed by atoms with van der Waals surface area (Å²) in [5, 5.41) is 0. The first-order valence-electron chi connectivity index (χ1n) is 10.6. The zero-order valence-corrected chi connectivity index (χ0v) is 19.1. The lowest BCUT2D eigenvalue weighted by atomic mass is 10.00. The zero-order chi connectivity index (χ0) is 26.0. The SMILES string of the molecule is CN(C)c1cnc2c(Oc3ccc(CC(=O)Cc4cc(C(F)(F)F)ccc4F)c(F)c3)ccnc2n1. The normalized spacial score (nSPS) is 11.5. The molecule has 0 fully saturated rings. The summed E-state index contributed by atoms with van der Waals surface area (Å²) in [4.78, 5) is 27.0. The second-order valence-electron chi connectivity index (χ2n) is 8.16. The van der Waals surface area contributed by atoms with Gasteiger partial charge in [0.2, 0.25) is 0 Å². The van der Waals surface area contributed by atoms with Gasteiger partial charge in [-0.3, -0.25) is 4.79 Å². The van der Waals surface area contributed by atoms with Crippen LogP contribution in [0.3, 0.4) is 0 Å². The van der Waals surface area contributed by atoms with Gasteiger partial charge in [-0.15, -0.1) is 0 Å². The number of Topliss-reactive ketones (excluding diaryl/α,β-unsaturated/α-hetero) is 1. The third kappa shape index (κ3) is 5.56. The molecule has 0 aliphatic rings. The third-order valence-electron chi connectivity index (χ3n) is 5.26. The monoisotopic (exact) mass is 502 g/mol. The summed E-state index contributed by atoms with van der Waals surface area (Å²) in [5.41, 5.74) is -0.771. The molecule has 4 rings (SSSR count). The Hall–Kier alpha value is -4.15. The van der Waals surface area contributed by atoms with Crippen molar-refractivity contribution in [3.05, 3.63) is 83.2 Å². The first-order valence-corrected chi connectivity index (χ1v) is 10.6. The standard InChI is InChI=1S/C25H19F5N4O2/c1-34(2)22-13-32-23-21(7-8-31-24(23)33-22)36-18-5-3-14(20(27)12-18)10-17(35)11-15-9-16(25(28,29)30)4-6-19(15)26/h3-9,12-13H,10-11H2,1-2H3. The molecule has 4 aromatic rings. The van der Waals surface area contributed by atoms with Crippen LogP contribution in [0.25, 0.3) is 11.2 Å². The average Bonchev–Trinajstić information content (AvgIpc) is 2.81. The van der Waals surface area contributed by atoms with E-state index in [1.807, 2.05) is 0 Å². The molecule has 0 unspecified atom stereocenters. The fourth-order valence-electron chi connectivity index (χ4n) is 3.42. The number of alkyl halides is 3. The Bertz CT molecular complexity index is 1440. The molecule has 0 bridgehead atoms. The molecular formula is C25H19F5N4O2. The van der Waals surface area contributed by atoms with Crippen LogP contribution in [0.2, 0.25) is 0 Å². The Kier molecular flexibility index (Phi) is 6.82. The number of nitrogens with zero attached hydrogens (tertiary/aromatic N) is 4. The number of halogens is 5. The van der Waals surface area contributed by atoms with E-state index >= 15 is 0 Å². The number of pyridine rings is 1. The summed E-state index contributed by atoms with van der Waals surface area (Å²) in [5.74, 6) is -1.33. The minimum atomic E-state index is -4.67. The van der Waals surface area contributed by atoms with Gasteiger partial charge in [-0.1, -0.05) is 6.07 Å². The van der Waals surface area contributed by atoms with Crippen molar-refractivity contribution >= 4 is 22.8 Å². The van der Waals surface area contributed by atoms with Crippen LogP contribution < -0.4 is 9.64 Å². The van der Waals surface area contributed by atoms with Gasteiger partial charge < -0.3 is 9.64 Å². The Morgan fingerprint density at radius 3 is 2.39 bits per heavy atom. The van der Waals surface area contributed by atoms with Crippen LogP contribution in [0.15, 0.2) is 54.9 Å². The van der Waals surface area contributed by atoms with E-state index in [-0.39, 0.29) is 11.3 Å². The van der Waals surface area contributed by atoms with Gasteiger partial charge in [-0.2, -0.15) is 13.2 Å². The maximum absolute atomic E-state index is 14.7. The summed E-state index contributed by atoms with van der Waals surface area (Å²) in [6, 6.07) is 7.22. The summed E-state index contributed by atoms with van der Waals surface area (Å²) >= 11 is 0. The van der Waals surface area contributed by atoms with Crippen molar-refractivity contribution in [2.24, 2.45) is 0 Å². The van der Waals surface area contributed by atoms with Gasteiger partial charge in [0.25, 0.3) is 0 Å². The molecule has 0 radical (unpaired) electrons. The first-order chi connectivity index (χ1) is 17.0. The summed E-state index contributed by atoms with van der Waals surface area (Å²) in [7, 11) is 3.61. The van der Waals surface area contributed by atoms with Crippen molar-refractivity contribution in [2.45, 2.75) is 19.0 Å². The maximum Gasteiger partial charge on any atom is 0.416 e. The van der Waals surface area contributed by atoms with Crippen molar-refractivity contribution < 1.29 is 31.5 Å². The number of benzene rings is 2. The molecule has 0 saturated heterocycles. The van der Waals surface area contributed by atoms with Crippen molar-refractivity contribution in [1.82, 2.24) is 15.0 Å². The molecule has 11 heteroatoms. The van der Waals surface area contributed by atoms with E-state index in [1.165, 1.54) is 18.3 Å². The molecular weight excluding hydrogens is 483 g/mol. The molecule has 0 saturated carbocycles. The molecule has 2 aromatic heterocycles. The first kappa shape index (κ1) is 25.0. The average molecular weight is 502 g/mol. The summed E-state index contributed by atoms with van der Waals surface area (Å²) < 4.78 is 73.1. The topological polar surface area (TPSA) is 68.2 Å². The third-order valence-corrected chi connectivity index (χ3v) is 5.26. The lowest BCUT2D eigenvalue weighted by Crippen LogP contribution is -2.12. The molecule has 2 heterocycles. The molecule has 0 aliphatic heterocycles. The number of hydrogen-bond acceptors (Lipinski definition) is 6. The predicted molar refractivity (Wildman–Crippen MR) is 122 cm³/mol. The van der Waals surface area contributed by atoms with Crippen LogP contribution in [0, 0.1) is 11.6 Å². The molecule has 2 aromatic carbocycles. The number of aromatic nitrogens is 3. The van der Waals surface area contributed by atoms with Gasteiger partial charge in [-0.05, 0) is 35.4 Å². The van der Waals surface area contributed by atoms with E-state index in [0.717, 1.165) is 6.07 Å². The number of ether oxygens (including phenoxy) is 1. The van der Waals surface area contributed by atoms with Gasteiger partial charge in [0.15, 0.2) is 16.9 Å². The van der Waals surface area contributed by atoms with Crippen LogP contribution in [0.5, 0.6) is 11.5 Å². The van der Waals surface area contributed by atoms with Crippen LogP contribution in [-0.2, 0) is 23.8 Å². The Balaban J connectivity index is 1.49. The lowest BCUT2D eigenvalue weighted by molar-refractivity contribution is -0.137. The fourth-order valence-corrected chi connectivity index (χ4v) is 3.42. The van der Waals surface area contributed by atoms with E-state index < -0.39 is 47.6 Å². The predicted octanol–water partition coefficient (Wildman–Crippen LogP) is 5.53. The Labute approximate surface area is 202 Å². The fraction of sp³-hybridized carbons (Fsp3) is 0.200. The zero-order valence-electron chi connectivity index (χ0n) is 19.1. The van der Waals surface area contributed by atoms with Crippen LogP contribution in [0.1, 0.15) is 16.7 Å². The number of hydrogen-bond donors (Lipinski definition) is 0. The van der Waals surface area contributed by atoms with Crippen LogP contribution >= 0.6 is 0 Å². The largest absolute Gasteiger partial charge is 0.455 e. The highest BCUT2D eigenvalue weighted by atomic mass is 19.4. The van der Waals surface area contributed by atoms with Crippen molar-refractivity contribution in [3.63, 3.8) is 0 Å². The van der Waals surface area contributed by atoms with Gasteiger partial charge in [0.05, 0.1) is 11.8 Å². The molecule has 0 aliphatic carbocycles. The van der Waals surface area contributed by atoms with Gasteiger partial charge in [0.1, 0.15) is 29.0 Å². The second kappa shape index (κ2) is 9.84. The quantitative estimate of drug-likeness (QED) is 0.310. The highest BCUT2D eigenvalue weighted by Crippen LogP contribution is 2.31. The maximum atomic E-state index is 14.7. The number of anilines is 1. The number of carbonyl (C=O) groups is 1. The van der Waals surface area contributed by atoms with Gasteiger partial charge in [0, 0.05) is 45.3 Å². The van der Waals surface area contributed by atoms with E-state index in [2.05, 4.69) is 15.0 Å². The van der Waals surface area contributed by atoms with Gasteiger partial charge in [-0.25, -0.2) is 23.7 Å². The van der Waals surface area contributed by atoms with Crippen LogP contribution in [-0.4, -0.2) is 34.8 Å². The molecule has 0 atom stereocenters. The summed E-state index contributed by atoms with van der Waals surface area (Å²) in [6.07, 6.45) is -2.70. The molecule has 6 nitrogen and oxygen atoms in total. The van der Waals surface area contributed by atoms with E-state index in [1.54, 1.807) is 31.3 Å². The van der Waals surface area contributed by atoms with Crippen LogP contribution in [0.4, 0.5) is 27.8 Å². The second-order valence-corrected chi connectivity index (χ2v) is 8.16.